The van der Waals surface area contributed by atoms with Crippen LogP contribution in [-0.2, 0) is 0 Å². The number of nitrogens with zero attached hydrogens (tertiary/aromatic N) is 2. The summed E-state index contributed by atoms with van der Waals surface area (Å²) in [5.74, 6) is 0.334. The summed E-state index contributed by atoms with van der Waals surface area (Å²) >= 11 is 5.90. The maximum absolute atomic E-state index is 5.90. The molecule has 1 aromatic heterocycles. The molecule has 2 N–H and O–H groups in total. The van der Waals surface area contributed by atoms with Crippen molar-refractivity contribution in [2.75, 3.05) is 13.2 Å². The minimum absolute atomic E-state index is 0.266. The van der Waals surface area contributed by atoms with Gasteiger partial charge in [0.15, 0.2) is 5.15 Å². The van der Waals surface area contributed by atoms with E-state index in [1.165, 1.54) is 0 Å². The molecule has 0 saturated heterocycles. The highest BCUT2D eigenvalue weighted by molar-refractivity contribution is 6.30. The first-order valence-electron chi connectivity index (χ1n) is 4.56. The molecule has 1 aromatic carbocycles. The van der Waals surface area contributed by atoms with Crippen molar-refractivity contribution in [3.05, 3.63) is 29.4 Å². The molecule has 2 rings (SSSR count). The van der Waals surface area contributed by atoms with E-state index in [9.17, 15) is 0 Å². The molecule has 0 aliphatic rings. The maximum Gasteiger partial charge on any atom is 0.252 e. The second kappa shape index (κ2) is 4.42. The van der Waals surface area contributed by atoms with Crippen molar-refractivity contribution in [2.24, 2.45) is 5.73 Å². The third-order valence-corrected chi connectivity index (χ3v) is 2.10. The van der Waals surface area contributed by atoms with Crippen molar-refractivity contribution < 1.29 is 4.74 Å². The Morgan fingerprint density at radius 3 is 2.53 bits per heavy atom. The van der Waals surface area contributed by atoms with E-state index < -0.39 is 0 Å². The van der Waals surface area contributed by atoms with Crippen LogP contribution < -0.4 is 10.5 Å². The molecule has 0 amide bonds. The van der Waals surface area contributed by atoms with Gasteiger partial charge in [-0.2, -0.15) is 0 Å². The van der Waals surface area contributed by atoms with Gasteiger partial charge < -0.3 is 10.5 Å². The number of ether oxygens (including phenoxy) is 1. The third-order valence-electron chi connectivity index (χ3n) is 1.86. The zero-order valence-electron chi connectivity index (χ0n) is 7.98. The van der Waals surface area contributed by atoms with Crippen LogP contribution in [0.25, 0.3) is 11.0 Å². The highest BCUT2D eigenvalue weighted by atomic mass is 35.5. The summed E-state index contributed by atoms with van der Waals surface area (Å²) in [5, 5.41) is 0.266. The minimum Gasteiger partial charge on any atom is -0.474 e. The lowest BCUT2D eigenvalue weighted by Gasteiger charge is -2.05. The molecule has 15 heavy (non-hydrogen) atoms. The number of para-hydroxylation sites is 2. The van der Waals surface area contributed by atoms with Crippen molar-refractivity contribution in [1.29, 1.82) is 0 Å². The normalized spacial score (nSPS) is 10.5. The van der Waals surface area contributed by atoms with Crippen LogP contribution in [0.15, 0.2) is 24.3 Å². The number of aromatic nitrogens is 2. The van der Waals surface area contributed by atoms with Crippen LogP contribution in [-0.4, -0.2) is 23.1 Å². The predicted octanol–water partition coefficient (Wildman–Crippen LogP) is 1.62. The summed E-state index contributed by atoms with van der Waals surface area (Å²) in [5.41, 5.74) is 6.83. The van der Waals surface area contributed by atoms with E-state index >= 15 is 0 Å². The standard InChI is InChI=1S/C10H10ClN3O/c11-9-10(15-6-5-12)14-8-4-2-1-3-7(8)13-9/h1-4H,5-6,12H2. The van der Waals surface area contributed by atoms with Crippen LogP contribution in [0.2, 0.25) is 5.15 Å². The average molecular weight is 224 g/mol. The van der Waals surface area contributed by atoms with Gasteiger partial charge in [-0.25, -0.2) is 9.97 Å². The third kappa shape index (κ3) is 2.16. The number of hydrogen-bond acceptors (Lipinski definition) is 4. The molecule has 78 valence electrons. The van der Waals surface area contributed by atoms with Crippen LogP contribution >= 0.6 is 11.6 Å². The summed E-state index contributed by atoms with van der Waals surface area (Å²) in [6.45, 7) is 0.803. The van der Waals surface area contributed by atoms with Gasteiger partial charge in [0.1, 0.15) is 6.61 Å². The lowest BCUT2D eigenvalue weighted by atomic mass is 10.3. The Balaban J connectivity index is 2.43. The first-order chi connectivity index (χ1) is 7.31. The zero-order valence-corrected chi connectivity index (χ0v) is 8.74. The highest BCUT2D eigenvalue weighted by Crippen LogP contribution is 2.22. The van der Waals surface area contributed by atoms with Gasteiger partial charge in [-0.3, -0.25) is 0 Å². The molecule has 1 heterocycles. The van der Waals surface area contributed by atoms with Crippen LogP contribution in [0.5, 0.6) is 5.88 Å². The summed E-state index contributed by atoms with van der Waals surface area (Å²) < 4.78 is 5.26. The van der Waals surface area contributed by atoms with Crippen LogP contribution in [0.3, 0.4) is 0 Å². The van der Waals surface area contributed by atoms with E-state index in [4.69, 9.17) is 22.1 Å². The average Bonchev–Trinajstić information content (AvgIpc) is 2.26. The van der Waals surface area contributed by atoms with Crippen LogP contribution in [0, 0.1) is 0 Å². The fourth-order valence-electron chi connectivity index (χ4n) is 1.21. The molecule has 0 radical (unpaired) electrons. The van der Waals surface area contributed by atoms with Crippen molar-refractivity contribution in [3.8, 4) is 5.88 Å². The SMILES string of the molecule is NCCOc1nc2ccccc2nc1Cl. The maximum atomic E-state index is 5.90. The van der Waals surface area contributed by atoms with Crippen molar-refractivity contribution in [2.45, 2.75) is 0 Å². The number of benzene rings is 1. The van der Waals surface area contributed by atoms with E-state index in [0.717, 1.165) is 11.0 Å². The Morgan fingerprint density at radius 2 is 1.87 bits per heavy atom. The number of hydrogen-bond donors (Lipinski definition) is 1. The Bertz CT molecular complexity index is 475. The second-order valence-corrected chi connectivity index (χ2v) is 3.30. The number of halogens is 1. The molecular weight excluding hydrogens is 214 g/mol. The fraction of sp³-hybridized carbons (Fsp3) is 0.200. The highest BCUT2D eigenvalue weighted by Gasteiger charge is 2.06. The van der Waals surface area contributed by atoms with Gasteiger partial charge in [0.25, 0.3) is 5.88 Å². The van der Waals surface area contributed by atoms with Gasteiger partial charge in [-0.15, -0.1) is 0 Å². The van der Waals surface area contributed by atoms with Gasteiger partial charge in [0.05, 0.1) is 11.0 Å². The topological polar surface area (TPSA) is 61.0 Å². The molecule has 0 saturated carbocycles. The van der Waals surface area contributed by atoms with E-state index in [1.54, 1.807) is 0 Å². The Morgan fingerprint density at radius 1 is 1.20 bits per heavy atom. The monoisotopic (exact) mass is 223 g/mol. The molecule has 0 bridgehead atoms. The molecule has 4 nitrogen and oxygen atoms in total. The second-order valence-electron chi connectivity index (χ2n) is 2.95. The van der Waals surface area contributed by atoms with Crippen LogP contribution in [0.1, 0.15) is 0 Å². The number of fused-ring (bicyclic) bond motifs is 1. The Labute approximate surface area is 92.0 Å². The van der Waals surface area contributed by atoms with Gasteiger partial charge >= 0.3 is 0 Å². The minimum atomic E-state index is 0.266. The van der Waals surface area contributed by atoms with E-state index in [0.29, 0.717) is 19.0 Å². The molecule has 0 aliphatic carbocycles. The molecule has 0 atom stereocenters. The largest absolute Gasteiger partial charge is 0.474 e. The Kier molecular flexibility index (Phi) is 2.99. The molecule has 5 heteroatoms. The van der Waals surface area contributed by atoms with Gasteiger partial charge in [0.2, 0.25) is 0 Å². The quantitative estimate of drug-likeness (QED) is 0.859. The number of nitrogens with two attached hydrogens (primary N) is 1. The first-order valence-corrected chi connectivity index (χ1v) is 4.94. The molecule has 0 fully saturated rings. The fourth-order valence-corrected chi connectivity index (χ4v) is 1.40. The van der Waals surface area contributed by atoms with E-state index in [2.05, 4.69) is 9.97 Å². The van der Waals surface area contributed by atoms with Gasteiger partial charge in [-0.05, 0) is 12.1 Å². The van der Waals surface area contributed by atoms with Gasteiger partial charge in [-0.1, -0.05) is 23.7 Å². The van der Waals surface area contributed by atoms with E-state index in [1.807, 2.05) is 24.3 Å². The summed E-state index contributed by atoms with van der Waals surface area (Å²) in [7, 11) is 0. The Hall–Kier alpha value is -1.39. The van der Waals surface area contributed by atoms with Crippen molar-refractivity contribution in [3.63, 3.8) is 0 Å². The van der Waals surface area contributed by atoms with Crippen LogP contribution in [0.4, 0.5) is 0 Å². The lowest BCUT2D eigenvalue weighted by molar-refractivity contribution is 0.316. The molecule has 0 spiro atoms. The van der Waals surface area contributed by atoms with Gasteiger partial charge in [0, 0.05) is 6.54 Å². The lowest BCUT2D eigenvalue weighted by Crippen LogP contribution is -2.11. The summed E-state index contributed by atoms with van der Waals surface area (Å²) in [6, 6.07) is 7.47. The molecule has 0 aliphatic heterocycles. The zero-order chi connectivity index (χ0) is 10.7. The van der Waals surface area contributed by atoms with E-state index in [-0.39, 0.29) is 5.15 Å². The first kappa shape index (κ1) is 10.1. The molecule has 2 aromatic rings. The predicted molar refractivity (Wildman–Crippen MR) is 59.1 cm³/mol. The van der Waals surface area contributed by atoms with Crippen molar-refractivity contribution in [1.82, 2.24) is 9.97 Å². The number of rotatable bonds is 3. The smallest absolute Gasteiger partial charge is 0.252 e. The summed E-state index contributed by atoms with van der Waals surface area (Å²) in [6.07, 6.45) is 0. The molecular formula is C10H10ClN3O. The summed E-state index contributed by atoms with van der Waals surface area (Å²) in [4.78, 5) is 8.41. The molecule has 0 unspecified atom stereocenters. The van der Waals surface area contributed by atoms with Crippen molar-refractivity contribution >= 4 is 22.6 Å².